The second-order valence-electron chi connectivity index (χ2n) is 6.99. The molecule has 0 bridgehead atoms. The maximum Gasteiger partial charge on any atom is 0.305 e. The molecule has 3 rings (SSSR count). The number of piperidine rings is 1. The van der Waals surface area contributed by atoms with Gasteiger partial charge in [-0.25, -0.2) is 0 Å². The van der Waals surface area contributed by atoms with Crippen molar-refractivity contribution in [3.63, 3.8) is 0 Å². The van der Waals surface area contributed by atoms with E-state index in [0.717, 1.165) is 36.0 Å². The summed E-state index contributed by atoms with van der Waals surface area (Å²) in [5.41, 5.74) is 3.64. The molecule has 0 aromatic heterocycles. The van der Waals surface area contributed by atoms with Gasteiger partial charge in [-0.2, -0.15) is 0 Å². The van der Waals surface area contributed by atoms with Crippen LogP contribution < -0.4 is 10.6 Å². The SMILES string of the molecule is COC(=O)CCc1ccc(NC(=O)c2ccc(C3CCNCC3)cc2)c(Br)c1.Cl. The summed E-state index contributed by atoms with van der Waals surface area (Å²) >= 11 is 3.50. The molecule has 0 unspecified atom stereocenters. The second kappa shape index (κ2) is 11.3. The van der Waals surface area contributed by atoms with Gasteiger partial charge in [0.05, 0.1) is 12.8 Å². The van der Waals surface area contributed by atoms with Gasteiger partial charge >= 0.3 is 5.97 Å². The quantitative estimate of drug-likeness (QED) is 0.587. The van der Waals surface area contributed by atoms with Crippen molar-refractivity contribution < 1.29 is 14.3 Å². The number of carbonyl (C=O) groups is 2. The highest BCUT2D eigenvalue weighted by atomic mass is 79.9. The third-order valence-corrected chi connectivity index (χ3v) is 5.77. The summed E-state index contributed by atoms with van der Waals surface area (Å²) in [6.45, 7) is 2.10. The Bertz CT molecular complexity index is 836. The van der Waals surface area contributed by atoms with Gasteiger partial charge in [0.2, 0.25) is 0 Å². The predicted molar refractivity (Wildman–Crippen MR) is 121 cm³/mol. The lowest BCUT2D eigenvalue weighted by Gasteiger charge is -2.23. The van der Waals surface area contributed by atoms with E-state index in [-0.39, 0.29) is 24.3 Å². The number of rotatable bonds is 6. The molecule has 1 aliphatic heterocycles. The van der Waals surface area contributed by atoms with Crippen molar-refractivity contribution in [3.05, 3.63) is 63.6 Å². The number of anilines is 1. The molecule has 2 aromatic carbocycles. The summed E-state index contributed by atoms with van der Waals surface area (Å²) in [5, 5.41) is 6.32. The van der Waals surface area contributed by atoms with Crippen LogP contribution in [0.25, 0.3) is 0 Å². The first-order valence-electron chi connectivity index (χ1n) is 9.54. The highest BCUT2D eigenvalue weighted by Gasteiger charge is 2.16. The molecule has 0 radical (unpaired) electrons. The van der Waals surface area contributed by atoms with Gasteiger partial charge in [-0.05, 0) is 89.6 Å². The van der Waals surface area contributed by atoms with Gasteiger partial charge in [0.15, 0.2) is 0 Å². The summed E-state index contributed by atoms with van der Waals surface area (Å²) in [7, 11) is 1.38. The summed E-state index contributed by atoms with van der Waals surface area (Å²) in [5.74, 6) is 0.200. The number of hydrogen-bond donors (Lipinski definition) is 2. The van der Waals surface area contributed by atoms with Crippen LogP contribution in [0.5, 0.6) is 0 Å². The van der Waals surface area contributed by atoms with Crippen LogP contribution in [0.3, 0.4) is 0 Å². The number of amides is 1. The topological polar surface area (TPSA) is 67.4 Å². The average Bonchev–Trinajstić information content (AvgIpc) is 2.74. The van der Waals surface area contributed by atoms with Crippen LogP contribution in [-0.4, -0.2) is 32.1 Å². The molecular formula is C22H26BrClN2O3. The lowest BCUT2D eigenvalue weighted by atomic mass is 9.90. The van der Waals surface area contributed by atoms with Crippen molar-refractivity contribution in [2.75, 3.05) is 25.5 Å². The van der Waals surface area contributed by atoms with E-state index in [4.69, 9.17) is 0 Å². The zero-order valence-electron chi connectivity index (χ0n) is 16.4. The Morgan fingerprint density at radius 1 is 1.14 bits per heavy atom. The number of methoxy groups -OCH3 is 1. The smallest absolute Gasteiger partial charge is 0.305 e. The number of benzene rings is 2. The van der Waals surface area contributed by atoms with Crippen molar-refractivity contribution in [2.24, 2.45) is 0 Å². The number of ether oxygens (including phenoxy) is 1. The molecule has 5 nitrogen and oxygen atoms in total. The van der Waals surface area contributed by atoms with E-state index in [1.165, 1.54) is 12.7 Å². The lowest BCUT2D eigenvalue weighted by molar-refractivity contribution is -0.140. The number of halogens is 2. The maximum atomic E-state index is 12.6. The first-order chi connectivity index (χ1) is 13.6. The van der Waals surface area contributed by atoms with Gasteiger partial charge in [0.1, 0.15) is 0 Å². The van der Waals surface area contributed by atoms with Gasteiger partial charge in [-0.1, -0.05) is 18.2 Å². The summed E-state index contributed by atoms with van der Waals surface area (Å²) in [6, 6.07) is 13.6. The molecule has 2 aromatic rings. The predicted octanol–water partition coefficient (Wildman–Crippen LogP) is 4.70. The van der Waals surface area contributed by atoms with Crippen LogP contribution in [0.15, 0.2) is 46.9 Å². The summed E-state index contributed by atoms with van der Waals surface area (Å²) in [6.07, 6.45) is 3.21. The van der Waals surface area contributed by atoms with E-state index in [1.54, 1.807) is 0 Å². The molecule has 0 aliphatic carbocycles. The van der Waals surface area contributed by atoms with E-state index in [1.807, 2.05) is 30.3 Å². The Kier molecular flexibility index (Phi) is 9.14. The zero-order valence-corrected chi connectivity index (χ0v) is 18.8. The van der Waals surface area contributed by atoms with E-state index < -0.39 is 0 Å². The van der Waals surface area contributed by atoms with Gasteiger partial charge in [-0.15, -0.1) is 12.4 Å². The minimum absolute atomic E-state index is 0. The first kappa shape index (κ1) is 23.4. The minimum atomic E-state index is -0.235. The average molecular weight is 482 g/mol. The van der Waals surface area contributed by atoms with Crippen LogP contribution in [0.1, 0.15) is 46.7 Å². The van der Waals surface area contributed by atoms with E-state index in [2.05, 4.69) is 43.4 Å². The maximum absolute atomic E-state index is 12.6. The largest absolute Gasteiger partial charge is 0.469 e. The highest BCUT2D eigenvalue weighted by Crippen LogP contribution is 2.27. The molecule has 1 aliphatic rings. The molecule has 0 atom stereocenters. The van der Waals surface area contributed by atoms with Crippen LogP contribution in [0, 0.1) is 0 Å². The fourth-order valence-electron chi connectivity index (χ4n) is 3.42. The van der Waals surface area contributed by atoms with Gasteiger partial charge in [0, 0.05) is 16.5 Å². The Morgan fingerprint density at radius 3 is 2.45 bits per heavy atom. The Labute approximate surface area is 186 Å². The lowest BCUT2D eigenvalue weighted by Crippen LogP contribution is -2.26. The van der Waals surface area contributed by atoms with Crippen molar-refractivity contribution in [1.29, 1.82) is 0 Å². The van der Waals surface area contributed by atoms with Crippen LogP contribution in [0.2, 0.25) is 0 Å². The number of carbonyl (C=O) groups excluding carboxylic acids is 2. The number of esters is 1. The molecule has 1 saturated heterocycles. The summed E-state index contributed by atoms with van der Waals surface area (Å²) in [4.78, 5) is 23.9. The normalized spacial score (nSPS) is 14.0. The molecule has 29 heavy (non-hydrogen) atoms. The van der Waals surface area contributed by atoms with Gasteiger partial charge in [0.25, 0.3) is 5.91 Å². The van der Waals surface area contributed by atoms with E-state index >= 15 is 0 Å². The van der Waals surface area contributed by atoms with Gasteiger partial charge in [-0.3, -0.25) is 9.59 Å². The fourth-order valence-corrected chi connectivity index (χ4v) is 3.95. The van der Waals surface area contributed by atoms with Gasteiger partial charge < -0.3 is 15.4 Å². The molecule has 1 fully saturated rings. The number of nitrogens with one attached hydrogen (secondary N) is 2. The van der Waals surface area contributed by atoms with Crippen LogP contribution in [-0.2, 0) is 16.0 Å². The van der Waals surface area contributed by atoms with E-state index in [0.29, 0.717) is 30.0 Å². The number of aryl methyl sites for hydroxylation is 1. The molecule has 1 heterocycles. The van der Waals surface area contributed by atoms with Crippen molar-refractivity contribution >= 4 is 45.9 Å². The van der Waals surface area contributed by atoms with Crippen LogP contribution >= 0.6 is 28.3 Å². The van der Waals surface area contributed by atoms with Crippen molar-refractivity contribution in [2.45, 2.75) is 31.6 Å². The summed E-state index contributed by atoms with van der Waals surface area (Å²) < 4.78 is 5.45. The Morgan fingerprint density at radius 2 is 1.83 bits per heavy atom. The van der Waals surface area contributed by atoms with E-state index in [9.17, 15) is 9.59 Å². The van der Waals surface area contributed by atoms with Crippen LogP contribution in [0.4, 0.5) is 5.69 Å². The monoisotopic (exact) mass is 480 g/mol. The molecule has 2 N–H and O–H groups in total. The zero-order chi connectivity index (χ0) is 19.9. The first-order valence-corrected chi connectivity index (χ1v) is 10.3. The highest BCUT2D eigenvalue weighted by molar-refractivity contribution is 9.10. The molecule has 0 saturated carbocycles. The minimum Gasteiger partial charge on any atom is -0.469 e. The number of hydrogen-bond acceptors (Lipinski definition) is 4. The molecule has 0 spiro atoms. The molecule has 156 valence electrons. The second-order valence-corrected chi connectivity index (χ2v) is 7.85. The third-order valence-electron chi connectivity index (χ3n) is 5.11. The Balaban J connectivity index is 0.00000300. The molecule has 7 heteroatoms. The van der Waals surface area contributed by atoms with Crippen molar-refractivity contribution in [3.8, 4) is 0 Å². The molecule has 1 amide bonds. The Hall–Kier alpha value is -1.89. The third kappa shape index (κ3) is 6.56. The standard InChI is InChI=1S/C22H25BrN2O3.ClH/c1-28-21(26)9-3-15-2-8-20(19(23)14-15)25-22(27)18-6-4-16(5-7-18)17-10-12-24-13-11-17;/h2,4-8,14,17,24H,3,9-13H2,1H3,(H,25,27);1H. The fraction of sp³-hybridized carbons (Fsp3) is 0.364. The van der Waals surface area contributed by atoms with Crippen molar-refractivity contribution in [1.82, 2.24) is 5.32 Å². The molecular weight excluding hydrogens is 456 g/mol.